The second-order valence-electron chi connectivity index (χ2n) is 11.4. The number of aromatic nitrogens is 2. The van der Waals surface area contributed by atoms with Crippen LogP contribution in [-0.4, -0.2) is 80.1 Å². The highest BCUT2D eigenvalue weighted by Gasteiger charge is 2.43. The molecule has 2 heterocycles. The van der Waals surface area contributed by atoms with Crippen molar-refractivity contribution in [2.45, 2.75) is 81.4 Å². The average Bonchev–Trinajstić information content (AvgIpc) is 3.67. The number of unbranched alkanes of at least 4 members (excludes halogenated alkanes) is 3. The maximum absolute atomic E-state index is 14.0. The molecule has 0 spiro atoms. The van der Waals surface area contributed by atoms with E-state index in [1.54, 1.807) is 24.3 Å². The number of carboxylic acid groups (broad SMARTS) is 2. The summed E-state index contributed by atoms with van der Waals surface area (Å²) in [6.45, 7) is 2.08. The van der Waals surface area contributed by atoms with Gasteiger partial charge in [0.15, 0.2) is 5.82 Å². The third-order valence-electron chi connectivity index (χ3n) is 7.91. The molecule has 3 aromatic rings. The first-order chi connectivity index (χ1) is 22.4. The number of benzene rings is 2. The van der Waals surface area contributed by atoms with Gasteiger partial charge >= 0.3 is 11.9 Å². The smallest absolute Gasteiger partial charge is 0.326 e. The molecule has 47 heavy (non-hydrogen) atoms. The lowest BCUT2D eigenvalue weighted by molar-refractivity contribution is -0.149. The Balaban J connectivity index is 1.51. The zero-order chi connectivity index (χ0) is 34.1. The van der Waals surface area contributed by atoms with Crippen LogP contribution in [-0.2, 0) is 30.9 Å². The van der Waals surface area contributed by atoms with E-state index in [0.717, 1.165) is 30.9 Å². The third-order valence-corrected chi connectivity index (χ3v) is 8.83. The molecule has 0 unspecified atom stereocenters. The Morgan fingerprint density at radius 1 is 1.04 bits per heavy atom. The number of likely N-dealkylation sites (tertiary alicyclic amines) is 1. The Labute approximate surface area is 272 Å². The molecule has 15 heteroatoms. The lowest BCUT2D eigenvalue weighted by Crippen LogP contribution is -2.44. The number of nitrogens with zero attached hydrogens (tertiary/aromatic N) is 3. The molecule has 4 N–H and O–H groups in total. The fraction of sp³-hybridized carbons (Fsp3) is 0.406. The molecule has 1 aromatic heterocycles. The predicted octanol–water partition coefficient (Wildman–Crippen LogP) is 4.04. The summed E-state index contributed by atoms with van der Waals surface area (Å²) >= 11 is 0. The summed E-state index contributed by atoms with van der Waals surface area (Å²) in [6.07, 6.45) is 6.39. The number of anilines is 1. The predicted molar refractivity (Wildman–Crippen MR) is 169 cm³/mol. The van der Waals surface area contributed by atoms with Gasteiger partial charge in [0, 0.05) is 19.0 Å². The van der Waals surface area contributed by atoms with Gasteiger partial charge in [-0.25, -0.2) is 9.78 Å². The zero-order valence-corrected chi connectivity index (χ0v) is 26.6. The number of rotatable bonds is 16. The van der Waals surface area contributed by atoms with Gasteiger partial charge in [-0.3, -0.25) is 18.9 Å². The molecular formula is C32H38N4O10S. The van der Waals surface area contributed by atoms with Crippen LogP contribution in [0.4, 0.5) is 5.82 Å². The van der Waals surface area contributed by atoms with E-state index in [9.17, 15) is 37.3 Å². The van der Waals surface area contributed by atoms with Gasteiger partial charge in [-0.05, 0) is 42.7 Å². The van der Waals surface area contributed by atoms with Crippen LogP contribution in [0.2, 0.25) is 0 Å². The number of amides is 2. The van der Waals surface area contributed by atoms with Gasteiger partial charge in [-0.15, -0.1) is 0 Å². The summed E-state index contributed by atoms with van der Waals surface area (Å²) in [5, 5.41) is 21.4. The zero-order valence-electron chi connectivity index (χ0n) is 25.8. The number of aliphatic carboxylic acids is 2. The number of carbonyl (C=O) groups is 4. The van der Waals surface area contributed by atoms with Gasteiger partial charge in [-0.2, -0.15) is 8.42 Å². The highest BCUT2D eigenvalue weighted by atomic mass is 32.2. The van der Waals surface area contributed by atoms with Crippen molar-refractivity contribution in [3.05, 3.63) is 72.2 Å². The molecule has 14 nitrogen and oxygen atoms in total. The molecule has 1 fully saturated rings. The van der Waals surface area contributed by atoms with Crippen molar-refractivity contribution < 1.29 is 47.1 Å². The second kappa shape index (κ2) is 15.7. The lowest BCUT2D eigenvalue weighted by Gasteiger charge is -2.27. The van der Waals surface area contributed by atoms with Crippen LogP contribution in [0, 0.1) is 0 Å². The quantitative estimate of drug-likeness (QED) is 0.126. The second-order valence-corrected chi connectivity index (χ2v) is 12.7. The maximum atomic E-state index is 14.0. The van der Waals surface area contributed by atoms with Crippen molar-refractivity contribution in [1.82, 2.24) is 14.5 Å². The summed E-state index contributed by atoms with van der Waals surface area (Å²) in [5.74, 6) is -2.87. The Kier molecular flexibility index (Phi) is 11.7. The van der Waals surface area contributed by atoms with Gasteiger partial charge in [0.05, 0.1) is 18.4 Å². The number of carbonyl (C=O) groups excluding carboxylic acids is 2. The first-order valence-electron chi connectivity index (χ1n) is 15.3. The first-order valence-corrected chi connectivity index (χ1v) is 16.7. The van der Waals surface area contributed by atoms with Crippen molar-refractivity contribution >= 4 is 39.7 Å². The molecule has 1 aliphatic heterocycles. The Morgan fingerprint density at radius 2 is 1.77 bits per heavy atom. The van der Waals surface area contributed by atoms with E-state index in [1.165, 1.54) is 40.2 Å². The highest BCUT2D eigenvalue weighted by Crippen LogP contribution is 2.29. The number of hydrogen-bond donors (Lipinski definition) is 4. The summed E-state index contributed by atoms with van der Waals surface area (Å²) in [6, 6.07) is 10.0. The molecule has 252 valence electrons. The standard InChI is InChI=1S/C32H38N4O10S/c1-2-3-4-5-9-25(35-19-28(33-20-35)34-30(39)24-8-6-7-10-27(24)47(43,44)45)31(40)36-18-23(17-26(36)32(41)42)46-22-14-11-21(12-15-22)13-16-29(37)38/h6-8,10-12,14-15,19-20,23,25-26H,2-5,9,13,16-18H2,1H3,(H,34,39)(H,37,38)(H,41,42)(H,43,44,45)/t23-,25+,26-/m0/s1. The summed E-state index contributed by atoms with van der Waals surface area (Å²) in [5.41, 5.74) is 0.523. The van der Waals surface area contributed by atoms with Gasteiger partial charge in [0.1, 0.15) is 28.8 Å². The van der Waals surface area contributed by atoms with Crippen LogP contribution < -0.4 is 10.1 Å². The molecule has 0 saturated carbocycles. The molecule has 4 rings (SSSR count). The minimum absolute atomic E-state index is 0.00736. The lowest BCUT2D eigenvalue weighted by atomic mass is 10.1. The molecule has 3 atom stereocenters. The largest absolute Gasteiger partial charge is 0.488 e. The van der Waals surface area contributed by atoms with Crippen molar-refractivity contribution in [2.24, 2.45) is 0 Å². The Morgan fingerprint density at radius 3 is 2.43 bits per heavy atom. The fourth-order valence-electron chi connectivity index (χ4n) is 5.53. The molecular weight excluding hydrogens is 632 g/mol. The number of nitrogens with one attached hydrogen (secondary N) is 1. The van der Waals surface area contributed by atoms with E-state index >= 15 is 0 Å². The van der Waals surface area contributed by atoms with Gasteiger partial charge in [0.25, 0.3) is 16.0 Å². The van der Waals surface area contributed by atoms with E-state index in [-0.39, 0.29) is 30.8 Å². The Hall–Kier alpha value is -4.76. The van der Waals surface area contributed by atoms with Crippen LogP contribution in [0.1, 0.15) is 73.8 Å². The number of imidazole rings is 1. The molecule has 1 saturated heterocycles. The number of ether oxygens (including phenoxy) is 1. The van der Waals surface area contributed by atoms with Crippen LogP contribution in [0.3, 0.4) is 0 Å². The number of aryl methyl sites for hydroxylation is 1. The molecule has 2 aromatic carbocycles. The molecule has 2 amide bonds. The minimum Gasteiger partial charge on any atom is -0.488 e. The monoisotopic (exact) mass is 670 g/mol. The van der Waals surface area contributed by atoms with Crippen LogP contribution >= 0.6 is 0 Å². The van der Waals surface area contributed by atoms with Crippen LogP contribution in [0.15, 0.2) is 66.0 Å². The fourth-order valence-corrected chi connectivity index (χ4v) is 6.22. The molecule has 0 bridgehead atoms. The molecule has 0 aliphatic carbocycles. The molecule has 0 radical (unpaired) electrons. The van der Waals surface area contributed by atoms with Crippen molar-refractivity contribution in [1.29, 1.82) is 0 Å². The number of carboxylic acids is 2. The Bertz CT molecular complexity index is 1690. The SMILES string of the molecule is CCCCCC[C@H](C(=O)N1C[C@@H](Oc2ccc(CCC(=O)O)cc2)C[C@H]1C(=O)O)n1cnc(NC(=O)c2ccccc2S(=O)(=O)O)c1. The van der Waals surface area contributed by atoms with E-state index in [1.807, 2.05) is 0 Å². The van der Waals surface area contributed by atoms with E-state index in [0.29, 0.717) is 25.0 Å². The van der Waals surface area contributed by atoms with Gasteiger partial charge < -0.3 is 29.7 Å². The summed E-state index contributed by atoms with van der Waals surface area (Å²) in [7, 11) is -4.67. The summed E-state index contributed by atoms with van der Waals surface area (Å²) < 4.78 is 40.6. The van der Waals surface area contributed by atoms with E-state index < -0.39 is 57.0 Å². The van der Waals surface area contributed by atoms with E-state index in [2.05, 4.69) is 17.2 Å². The van der Waals surface area contributed by atoms with Crippen molar-refractivity contribution in [3.8, 4) is 5.75 Å². The van der Waals surface area contributed by atoms with Crippen molar-refractivity contribution in [2.75, 3.05) is 11.9 Å². The van der Waals surface area contributed by atoms with E-state index in [4.69, 9.17) is 9.84 Å². The number of hydrogen-bond acceptors (Lipinski definition) is 8. The molecule has 1 aliphatic rings. The van der Waals surface area contributed by atoms with Gasteiger partial charge in [-0.1, -0.05) is 56.9 Å². The summed E-state index contributed by atoms with van der Waals surface area (Å²) in [4.78, 5) is 55.0. The average molecular weight is 671 g/mol. The van der Waals surface area contributed by atoms with Crippen LogP contribution in [0.25, 0.3) is 0 Å². The first kappa shape index (κ1) is 35.1. The third kappa shape index (κ3) is 9.39. The highest BCUT2D eigenvalue weighted by molar-refractivity contribution is 7.86. The maximum Gasteiger partial charge on any atom is 0.326 e. The topological polar surface area (TPSA) is 205 Å². The minimum atomic E-state index is -4.67. The van der Waals surface area contributed by atoms with Crippen LogP contribution in [0.5, 0.6) is 5.75 Å². The van der Waals surface area contributed by atoms with Gasteiger partial charge in [0.2, 0.25) is 5.91 Å². The van der Waals surface area contributed by atoms with Crippen molar-refractivity contribution in [3.63, 3.8) is 0 Å². The normalized spacial score (nSPS) is 16.9.